The molecule has 1 unspecified atom stereocenters. The number of ether oxygens (including phenoxy) is 1. The van der Waals surface area contributed by atoms with Gasteiger partial charge in [0.25, 0.3) is 0 Å². The zero-order chi connectivity index (χ0) is 17.7. The number of hydrogen-bond donors (Lipinski definition) is 1. The highest BCUT2D eigenvalue weighted by molar-refractivity contribution is 5.82. The number of carbonyl (C=O) groups is 2. The largest absolute Gasteiger partial charge is 0.411 e. The Balaban J connectivity index is 1.64. The van der Waals surface area contributed by atoms with Gasteiger partial charge in [-0.3, -0.25) is 14.5 Å². The third-order valence-corrected chi connectivity index (χ3v) is 4.24. The molecule has 0 aromatic heterocycles. The van der Waals surface area contributed by atoms with Gasteiger partial charge >= 0.3 is 6.18 Å². The molecule has 9 heteroatoms. The molecule has 6 nitrogen and oxygen atoms in total. The van der Waals surface area contributed by atoms with Crippen LogP contribution in [0.3, 0.4) is 0 Å². The van der Waals surface area contributed by atoms with Crippen molar-refractivity contribution < 1.29 is 27.5 Å². The van der Waals surface area contributed by atoms with Gasteiger partial charge in [-0.15, -0.1) is 0 Å². The monoisotopic (exact) mass is 351 g/mol. The van der Waals surface area contributed by atoms with Gasteiger partial charge < -0.3 is 15.0 Å². The van der Waals surface area contributed by atoms with Crippen molar-refractivity contribution in [3.63, 3.8) is 0 Å². The van der Waals surface area contributed by atoms with Crippen molar-refractivity contribution in [2.45, 2.75) is 44.4 Å². The number of nitrogens with one attached hydrogen (secondary N) is 1. The molecule has 1 aliphatic carbocycles. The number of nitrogens with zero attached hydrogens (tertiary/aromatic N) is 2. The summed E-state index contributed by atoms with van der Waals surface area (Å²) in [5.74, 6) is -0.204. The first-order valence-electron chi connectivity index (χ1n) is 8.23. The highest BCUT2D eigenvalue weighted by Gasteiger charge is 2.31. The quantitative estimate of drug-likeness (QED) is 0.688. The predicted molar refractivity (Wildman–Crippen MR) is 80.3 cm³/mol. The minimum absolute atomic E-state index is 0.0119. The Bertz CT molecular complexity index is 447. The van der Waals surface area contributed by atoms with Gasteiger partial charge in [0.15, 0.2) is 0 Å². The van der Waals surface area contributed by atoms with Gasteiger partial charge in [-0.2, -0.15) is 13.2 Å². The second-order valence-electron chi connectivity index (χ2n) is 6.29. The molecule has 2 aliphatic rings. The summed E-state index contributed by atoms with van der Waals surface area (Å²) in [5.41, 5.74) is 0. The zero-order valence-corrected chi connectivity index (χ0v) is 13.8. The van der Waals surface area contributed by atoms with Crippen LogP contribution < -0.4 is 5.32 Å². The van der Waals surface area contributed by atoms with Crippen LogP contribution >= 0.6 is 0 Å². The molecule has 1 atom stereocenters. The van der Waals surface area contributed by atoms with Gasteiger partial charge in [0.05, 0.1) is 19.1 Å². The van der Waals surface area contributed by atoms with Crippen molar-refractivity contribution in [1.82, 2.24) is 15.1 Å². The summed E-state index contributed by atoms with van der Waals surface area (Å²) in [6, 6.07) is 0.0810. The van der Waals surface area contributed by atoms with Crippen LogP contribution in [0.4, 0.5) is 13.2 Å². The number of amides is 2. The second kappa shape index (κ2) is 8.15. The van der Waals surface area contributed by atoms with Crippen molar-refractivity contribution in [3.8, 4) is 0 Å². The Labute approximate surface area is 139 Å². The Morgan fingerprint density at radius 3 is 2.38 bits per heavy atom. The third-order valence-electron chi connectivity index (χ3n) is 4.24. The van der Waals surface area contributed by atoms with E-state index in [0.29, 0.717) is 32.2 Å². The van der Waals surface area contributed by atoms with E-state index in [2.05, 4.69) is 10.1 Å². The molecular weight excluding hydrogens is 327 g/mol. The number of halogens is 3. The maximum Gasteiger partial charge on any atom is 0.411 e. The minimum atomic E-state index is -4.37. The molecule has 1 saturated carbocycles. The fourth-order valence-electron chi connectivity index (χ4n) is 2.58. The van der Waals surface area contributed by atoms with Crippen LogP contribution in [0, 0.1) is 0 Å². The molecular formula is C15H24F3N3O3. The zero-order valence-electron chi connectivity index (χ0n) is 13.8. The number of carbonyl (C=O) groups excluding carboxylic acids is 2. The minimum Gasteiger partial charge on any atom is -0.372 e. The van der Waals surface area contributed by atoms with E-state index in [9.17, 15) is 22.8 Å². The maximum absolute atomic E-state index is 12.0. The third kappa shape index (κ3) is 6.27. The van der Waals surface area contributed by atoms with Crippen molar-refractivity contribution in [2.75, 3.05) is 39.4 Å². The van der Waals surface area contributed by atoms with Crippen LogP contribution in [-0.4, -0.2) is 79.3 Å². The lowest BCUT2D eigenvalue weighted by Gasteiger charge is -2.37. The Hall–Kier alpha value is -1.35. The number of rotatable bonds is 7. The maximum atomic E-state index is 12.0. The molecule has 0 aromatic carbocycles. The first-order chi connectivity index (χ1) is 11.3. The predicted octanol–water partition coefficient (Wildman–Crippen LogP) is 0.767. The fourth-order valence-corrected chi connectivity index (χ4v) is 2.58. The van der Waals surface area contributed by atoms with Crippen LogP contribution in [0.5, 0.6) is 0 Å². The summed E-state index contributed by atoms with van der Waals surface area (Å²) in [5, 5.41) is 2.96. The summed E-state index contributed by atoms with van der Waals surface area (Å²) >= 11 is 0. The van der Waals surface area contributed by atoms with E-state index < -0.39 is 12.8 Å². The van der Waals surface area contributed by atoms with Gasteiger partial charge in [-0.1, -0.05) is 0 Å². The highest BCUT2D eigenvalue weighted by atomic mass is 19.4. The smallest absolute Gasteiger partial charge is 0.372 e. The van der Waals surface area contributed by atoms with E-state index in [1.54, 1.807) is 4.90 Å². The highest BCUT2D eigenvalue weighted by Crippen LogP contribution is 2.19. The van der Waals surface area contributed by atoms with Crippen molar-refractivity contribution >= 4 is 11.8 Å². The average molecular weight is 351 g/mol. The Morgan fingerprint density at radius 1 is 1.21 bits per heavy atom. The molecule has 2 amide bonds. The first kappa shape index (κ1) is 19.0. The number of alkyl halides is 3. The molecule has 0 bridgehead atoms. The van der Waals surface area contributed by atoms with E-state index in [-0.39, 0.29) is 30.9 Å². The van der Waals surface area contributed by atoms with Crippen LogP contribution in [0.1, 0.15) is 26.2 Å². The Kier molecular flexibility index (Phi) is 6.45. The summed E-state index contributed by atoms with van der Waals surface area (Å²) in [4.78, 5) is 27.6. The van der Waals surface area contributed by atoms with Crippen molar-refractivity contribution in [3.05, 3.63) is 0 Å². The van der Waals surface area contributed by atoms with Gasteiger partial charge in [0, 0.05) is 32.2 Å². The summed E-state index contributed by atoms with van der Waals surface area (Å²) in [6.45, 7) is 2.38. The fraction of sp³-hybridized carbons (Fsp3) is 0.867. The summed E-state index contributed by atoms with van der Waals surface area (Å²) < 4.78 is 40.3. The van der Waals surface area contributed by atoms with Crippen LogP contribution in [0.25, 0.3) is 0 Å². The van der Waals surface area contributed by atoms with Gasteiger partial charge in [0.1, 0.15) is 6.61 Å². The molecule has 2 fully saturated rings. The van der Waals surface area contributed by atoms with E-state index in [1.165, 1.54) is 0 Å². The number of hydrogen-bond acceptors (Lipinski definition) is 4. The van der Waals surface area contributed by atoms with Gasteiger partial charge in [-0.25, -0.2) is 0 Å². The molecule has 1 heterocycles. The van der Waals surface area contributed by atoms with E-state index in [0.717, 1.165) is 12.8 Å². The average Bonchev–Trinajstić information content (AvgIpc) is 3.33. The van der Waals surface area contributed by atoms with E-state index >= 15 is 0 Å². The van der Waals surface area contributed by atoms with Crippen molar-refractivity contribution in [1.29, 1.82) is 0 Å². The number of piperazine rings is 1. The molecule has 0 radical (unpaired) electrons. The molecule has 0 spiro atoms. The van der Waals surface area contributed by atoms with E-state index in [4.69, 9.17) is 0 Å². The standard InChI is InChI=1S/C15H24F3N3O3/c1-11(14(23)19-12-2-3-12)20-5-7-21(8-6-20)13(22)4-9-24-10-15(16,17)18/h11-12H,2-10H2,1H3,(H,19,23). The first-order valence-corrected chi connectivity index (χ1v) is 8.23. The van der Waals surface area contributed by atoms with Crippen LogP contribution in [0.15, 0.2) is 0 Å². The molecule has 1 aliphatic heterocycles. The molecule has 138 valence electrons. The normalized spacial score (nSPS) is 20.8. The Morgan fingerprint density at radius 2 is 1.83 bits per heavy atom. The lowest BCUT2D eigenvalue weighted by Crippen LogP contribution is -2.55. The second-order valence-corrected chi connectivity index (χ2v) is 6.29. The molecule has 1 saturated heterocycles. The van der Waals surface area contributed by atoms with Crippen LogP contribution in [0.2, 0.25) is 0 Å². The topological polar surface area (TPSA) is 61.9 Å². The van der Waals surface area contributed by atoms with Gasteiger partial charge in [-0.05, 0) is 19.8 Å². The summed E-state index contributed by atoms with van der Waals surface area (Å²) in [6.07, 6.45) is -2.35. The SMILES string of the molecule is CC(C(=O)NC1CC1)N1CCN(C(=O)CCOCC(F)(F)F)CC1. The lowest BCUT2D eigenvalue weighted by molar-refractivity contribution is -0.175. The summed E-state index contributed by atoms with van der Waals surface area (Å²) in [7, 11) is 0. The van der Waals surface area contributed by atoms with Crippen molar-refractivity contribution in [2.24, 2.45) is 0 Å². The van der Waals surface area contributed by atoms with E-state index in [1.807, 2.05) is 11.8 Å². The lowest BCUT2D eigenvalue weighted by atomic mass is 10.2. The molecule has 2 rings (SSSR count). The molecule has 1 N–H and O–H groups in total. The molecule has 24 heavy (non-hydrogen) atoms. The van der Waals surface area contributed by atoms with Gasteiger partial charge in [0.2, 0.25) is 11.8 Å². The van der Waals surface area contributed by atoms with Crippen LogP contribution in [-0.2, 0) is 14.3 Å². The molecule has 0 aromatic rings.